The summed E-state index contributed by atoms with van der Waals surface area (Å²) in [6.07, 6.45) is -4.69. The van der Waals surface area contributed by atoms with Crippen LogP contribution >= 0.6 is 0 Å². The lowest BCUT2D eigenvalue weighted by Gasteiger charge is -2.38. The third-order valence-electron chi connectivity index (χ3n) is 4.87. The van der Waals surface area contributed by atoms with Crippen molar-refractivity contribution in [1.82, 2.24) is 5.32 Å². The van der Waals surface area contributed by atoms with Gasteiger partial charge in [0.05, 0.1) is 18.7 Å². The van der Waals surface area contributed by atoms with E-state index in [-0.39, 0.29) is 11.6 Å². The molecule has 0 aliphatic carbocycles. The minimum Gasteiger partial charge on any atom is -0.415 e. The zero-order valence-corrected chi connectivity index (χ0v) is 16.7. The second kappa shape index (κ2) is 7.48. The molecule has 0 saturated carbocycles. The molecule has 0 bridgehead atoms. The standard InChI is InChI=1S/C18H27F3N2OSi/c1-16(2,3)25(5,6)24-12-15(14-10-8-7-9-11-14)23-17(4,13-22)18(19,20)21/h7-11,15,23H,12H2,1-6H3/t15-,17?/m0/s1. The van der Waals surface area contributed by atoms with Crippen molar-refractivity contribution in [2.24, 2.45) is 0 Å². The summed E-state index contributed by atoms with van der Waals surface area (Å²) in [5.74, 6) is 0. The zero-order valence-electron chi connectivity index (χ0n) is 15.7. The number of hydrogen-bond acceptors (Lipinski definition) is 3. The average molecular weight is 373 g/mol. The molecule has 25 heavy (non-hydrogen) atoms. The maximum absolute atomic E-state index is 13.3. The summed E-state index contributed by atoms with van der Waals surface area (Å²) in [4.78, 5) is 0. The molecule has 1 aromatic rings. The fraction of sp³-hybridized carbons (Fsp3) is 0.611. The van der Waals surface area contributed by atoms with E-state index in [0.717, 1.165) is 6.92 Å². The molecule has 0 heterocycles. The number of benzene rings is 1. The predicted molar refractivity (Wildman–Crippen MR) is 95.5 cm³/mol. The molecule has 1 unspecified atom stereocenters. The van der Waals surface area contributed by atoms with Gasteiger partial charge in [-0.05, 0) is 30.6 Å². The molecule has 0 aliphatic rings. The van der Waals surface area contributed by atoms with Gasteiger partial charge >= 0.3 is 6.18 Å². The Morgan fingerprint density at radius 3 is 2.04 bits per heavy atom. The van der Waals surface area contributed by atoms with Gasteiger partial charge in [-0.15, -0.1) is 0 Å². The number of hydrogen-bond donors (Lipinski definition) is 1. The first kappa shape index (κ1) is 21.7. The van der Waals surface area contributed by atoms with E-state index in [1.807, 2.05) is 13.1 Å². The molecule has 0 aliphatic heterocycles. The molecule has 7 heteroatoms. The molecule has 2 atom stereocenters. The molecule has 1 aromatic carbocycles. The van der Waals surface area contributed by atoms with Gasteiger partial charge in [-0.25, -0.2) is 0 Å². The molecule has 1 rings (SSSR count). The Labute approximate surface area is 149 Å². The Kier molecular flexibility index (Phi) is 6.49. The Balaban J connectivity index is 3.10. The number of nitrogens with one attached hydrogen (secondary N) is 1. The Hall–Kier alpha value is -1.36. The summed E-state index contributed by atoms with van der Waals surface area (Å²) in [7, 11) is -2.14. The van der Waals surface area contributed by atoms with Crippen LogP contribution < -0.4 is 5.32 Å². The van der Waals surface area contributed by atoms with Crippen LogP contribution in [0.2, 0.25) is 18.1 Å². The topological polar surface area (TPSA) is 45.0 Å². The van der Waals surface area contributed by atoms with Crippen molar-refractivity contribution in [2.45, 2.75) is 63.6 Å². The van der Waals surface area contributed by atoms with Crippen LogP contribution in [0.15, 0.2) is 30.3 Å². The largest absolute Gasteiger partial charge is 0.419 e. The van der Waals surface area contributed by atoms with E-state index in [2.05, 4.69) is 26.1 Å². The van der Waals surface area contributed by atoms with Gasteiger partial charge in [0.25, 0.3) is 0 Å². The Morgan fingerprint density at radius 2 is 1.64 bits per heavy atom. The highest BCUT2D eigenvalue weighted by Crippen LogP contribution is 2.38. The number of nitriles is 1. The summed E-state index contributed by atoms with van der Waals surface area (Å²) in [5.41, 5.74) is -1.99. The molecular formula is C18H27F3N2OSi. The SMILES string of the molecule is CC(C#N)(N[C@@H](CO[Si](C)(C)C(C)(C)C)c1ccccc1)C(F)(F)F. The van der Waals surface area contributed by atoms with Crippen LogP contribution in [0, 0.1) is 11.3 Å². The third-order valence-corrected chi connectivity index (χ3v) is 9.37. The lowest BCUT2D eigenvalue weighted by atomic mass is 9.99. The lowest BCUT2D eigenvalue weighted by Crippen LogP contribution is -2.55. The van der Waals surface area contributed by atoms with E-state index in [4.69, 9.17) is 9.69 Å². The van der Waals surface area contributed by atoms with Gasteiger partial charge in [0.2, 0.25) is 5.54 Å². The van der Waals surface area contributed by atoms with Crippen molar-refractivity contribution >= 4 is 8.32 Å². The van der Waals surface area contributed by atoms with E-state index in [1.165, 1.54) is 6.07 Å². The van der Waals surface area contributed by atoms with Gasteiger partial charge in [-0.2, -0.15) is 18.4 Å². The van der Waals surface area contributed by atoms with Crippen LogP contribution in [0.3, 0.4) is 0 Å². The quantitative estimate of drug-likeness (QED) is 0.700. The van der Waals surface area contributed by atoms with Crippen LogP contribution in [-0.4, -0.2) is 26.6 Å². The highest BCUT2D eigenvalue weighted by Gasteiger charge is 2.53. The molecule has 0 fully saturated rings. The number of alkyl halides is 3. The summed E-state index contributed by atoms with van der Waals surface area (Å²) in [6.45, 7) is 11.2. The van der Waals surface area contributed by atoms with Crippen LogP contribution in [0.5, 0.6) is 0 Å². The van der Waals surface area contributed by atoms with Gasteiger partial charge in [0, 0.05) is 0 Å². The monoisotopic (exact) mass is 372 g/mol. The fourth-order valence-electron chi connectivity index (χ4n) is 1.94. The van der Waals surface area contributed by atoms with Gasteiger partial charge in [0.1, 0.15) is 0 Å². The van der Waals surface area contributed by atoms with Crippen molar-refractivity contribution in [3.63, 3.8) is 0 Å². The number of rotatable bonds is 6. The maximum atomic E-state index is 13.3. The van der Waals surface area contributed by atoms with Crippen molar-refractivity contribution in [1.29, 1.82) is 5.26 Å². The second-order valence-electron chi connectivity index (χ2n) is 7.91. The second-order valence-corrected chi connectivity index (χ2v) is 12.7. The summed E-state index contributed by atoms with van der Waals surface area (Å²) < 4.78 is 46.1. The molecule has 0 spiro atoms. The van der Waals surface area contributed by atoms with E-state index in [9.17, 15) is 13.2 Å². The van der Waals surface area contributed by atoms with Gasteiger partial charge < -0.3 is 4.43 Å². The van der Waals surface area contributed by atoms with Crippen molar-refractivity contribution in [3.8, 4) is 6.07 Å². The minimum absolute atomic E-state index is 0.0587. The van der Waals surface area contributed by atoms with Crippen LogP contribution in [0.1, 0.15) is 39.3 Å². The lowest BCUT2D eigenvalue weighted by molar-refractivity contribution is -0.176. The molecule has 0 amide bonds. The van der Waals surface area contributed by atoms with Crippen molar-refractivity contribution < 1.29 is 17.6 Å². The molecule has 0 radical (unpaired) electrons. The smallest absolute Gasteiger partial charge is 0.415 e. The first-order valence-corrected chi connectivity index (χ1v) is 11.1. The van der Waals surface area contributed by atoms with Crippen LogP contribution in [0.25, 0.3) is 0 Å². The van der Waals surface area contributed by atoms with E-state index < -0.39 is 26.1 Å². The summed E-state index contributed by atoms with van der Waals surface area (Å²) in [6, 6.07) is 9.41. The average Bonchev–Trinajstić information content (AvgIpc) is 2.49. The minimum atomic E-state index is -4.69. The third kappa shape index (κ3) is 5.30. The number of halogens is 3. The van der Waals surface area contributed by atoms with Crippen LogP contribution in [-0.2, 0) is 4.43 Å². The van der Waals surface area contributed by atoms with E-state index in [0.29, 0.717) is 5.56 Å². The van der Waals surface area contributed by atoms with Gasteiger partial charge in [0.15, 0.2) is 8.32 Å². The summed E-state index contributed by atoms with van der Waals surface area (Å²) in [5, 5.41) is 11.5. The molecule has 140 valence electrons. The Morgan fingerprint density at radius 1 is 1.12 bits per heavy atom. The molecule has 0 saturated heterocycles. The molecule has 1 N–H and O–H groups in total. The van der Waals surface area contributed by atoms with Gasteiger partial charge in [-0.1, -0.05) is 51.1 Å². The fourth-order valence-corrected chi connectivity index (χ4v) is 2.96. The first-order chi connectivity index (χ1) is 11.2. The Bertz CT molecular complexity index is 605. The van der Waals surface area contributed by atoms with Crippen molar-refractivity contribution in [2.75, 3.05) is 6.61 Å². The first-order valence-electron chi connectivity index (χ1n) is 8.18. The molecule has 3 nitrogen and oxygen atoms in total. The molecular weight excluding hydrogens is 345 g/mol. The highest BCUT2D eigenvalue weighted by molar-refractivity contribution is 6.74. The van der Waals surface area contributed by atoms with E-state index >= 15 is 0 Å². The zero-order chi connectivity index (χ0) is 19.5. The van der Waals surface area contributed by atoms with Crippen LogP contribution in [0.4, 0.5) is 13.2 Å². The molecule has 0 aromatic heterocycles. The van der Waals surface area contributed by atoms with Crippen molar-refractivity contribution in [3.05, 3.63) is 35.9 Å². The van der Waals surface area contributed by atoms with E-state index in [1.54, 1.807) is 30.3 Å². The maximum Gasteiger partial charge on any atom is 0.419 e. The summed E-state index contributed by atoms with van der Waals surface area (Å²) >= 11 is 0. The predicted octanol–water partition coefficient (Wildman–Crippen LogP) is 5.18. The number of nitrogens with zero attached hydrogens (tertiary/aromatic N) is 1. The highest BCUT2D eigenvalue weighted by atomic mass is 28.4. The normalized spacial score (nSPS) is 16.8. The van der Waals surface area contributed by atoms with Gasteiger partial charge in [-0.3, -0.25) is 5.32 Å².